The lowest BCUT2D eigenvalue weighted by Crippen LogP contribution is -2.45. The predicted molar refractivity (Wildman–Crippen MR) is 132 cm³/mol. The highest BCUT2D eigenvalue weighted by atomic mass is 16.5. The van der Waals surface area contributed by atoms with Gasteiger partial charge in [-0.3, -0.25) is 0 Å². The largest absolute Gasteiger partial charge is 0.367 e. The van der Waals surface area contributed by atoms with Gasteiger partial charge in [0.05, 0.1) is 11.7 Å². The summed E-state index contributed by atoms with van der Waals surface area (Å²) in [5.74, 6) is 3.18. The van der Waals surface area contributed by atoms with Gasteiger partial charge in [0, 0.05) is 5.92 Å². The Balaban J connectivity index is 1.65. The lowest BCUT2D eigenvalue weighted by molar-refractivity contribution is -0.127. The van der Waals surface area contributed by atoms with Crippen molar-refractivity contribution < 1.29 is 4.74 Å². The zero-order valence-electron chi connectivity index (χ0n) is 21.6. The summed E-state index contributed by atoms with van der Waals surface area (Å²) in [7, 11) is 0. The van der Waals surface area contributed by atoms with Crippen molar-refractivity contribution in [3.63, 3.8) is 0 Å². The van der Waals surface area contributed by atoms with Crippen LogP contribution < -0.4 is 0 Å². The molecule has 2 rings (SSSR count). The van der Waals surface area contributed by atoms with Crippen LogP contribution in [0.1, 0.15) is 126 Å². The van der Waals surface area contributed by atoms with Gasteiger partial charge in [-0.1, -0.05) is 84.6 Å². The van der Waals surface area contributed by atoms with Crippen molar-refractivity contribution >= 4 is 0 Å². The summed E-state index contributed by atoms with van der Waals surface area (Å²) < 4.78 is 6.76. The molecule has 1 aliphatic carbocycles. The minimum atomic E-state index is 0.0605. The first-order valence-corrected chi connectivity index (χ1v) is 13.1. The normalized spacial score (nSPS) is 29.0. The topological polar surface area (TPSA) is 9.23 Å². The number of ether oxygens (including phenoxy) is 1. The van der Waals surface area contributed by atoms with E-state index in [1.807, 2.05) is 0 Å². The Labute approximate surface area is 189 Å². The van der Waals surface area contributed by atoms with E-state index < -0.39 is 0 Å². The second-order valence-electron chi connectivity index (χ2n) is 11.6. The van der Waals surface area contributed by atoms with Crippen LogP contribution >= 0.6 is 0 Å². The average molecular weight is 416 g/mol. The fourth-order valence-corrected chi connectivity index (χ4v) is 5.58. The van der Waals surface area contributed by atoms with Crippen LogP contribution in [0.5, 0.6) is 0 Å². The van der Waals surface area contributed by atoms with Gasteiger partial charge in [0.15, 0.2) is 0 Å². The first-order valence-electron chi connectivity index (χ1n) is 13.1. The predicted octanol–water partition coefficient (Wildman–Crippen LogP) is 9.08. The van der Waals surface area contributed by atoms with E-state index in [0.717, 1.165) is 17.8 Å². The van der Waals surface area contributed by atoms with Crippen molar-refractivity contribution in [2.24, 2.45) is 23.7 Å². The summed E-state index contributed by atoms with van der Waals surface area (Å²) in [4.78, 5) is 0. The molecular formula is C29H51O. The van der Waals surface area contributed by atoms with Crippen LogP contribution in [-0.4, -0.2) is 11.7 Å². The molecule has 0 aromatic heterocycles. The summed E-state index contributed by atoms with van der Waals surface area (Å²) in [5.41, 5.74) is 4.17. The Hall–Kier alpha value is -0.560. The maximum Gasteiger partial charge on any atom is 0.0860 e. The van der Waals surface area contributed by atoms with E-state index >= 15 is 0 Å². The summed E-state index contributed by atoms with van der Waals surface area (Å²) in [6.07, 6.45) is 18.7. The maximum atomic E-state index is 6.76. The molecule has 1 fully saturated rings. The highest BCUT2D eigenvalue weighted by Gasteiger charge is 2.41. The lowest BCUT2D eigenvalue weighted by atomic mass is 9.74. The Bertz CT molecular complexity index is 583. The number of allylic oxidation sites excluding steroid dienone is 2. The number of hydrogen-bond donors (Lipinski definition) is 0. The second kappa shape index (κ2) is 11.9. The fraction of sp³-hybridized carbons (Fsp3) is 0.862. The molecule has 1 aliphatic heterocycles. The quantitative estimate of drug-likeness (QED) is 0.309. The monoisotopic (exact) mass is 415 g/mol. The smallest absolute Gasteiger partial charge is 0.0860 e. The molecule has 0 aromatic rings. The number of hydrogen-bond acceptors (Lipinski definition) is 1. The van der Waals surface area contributed by atoms with Crippen molar-refractivity contribution in [2.45, 2.75) is 138 Å². The molecule has 1 radical (unpaired) electrons. The third-order valence-corrected chi connectivity index (χ3v) is 8.00. The van der Waals surface area contributed by atoms with Crippen molar-refractivity contribution in [1.82, 2.24) is 0 Å². The van der Waals surface area contributed by atoms with Gasteiger partial charge in [-0.05, 0) is 81.9 Å². The SMILES string of the molecule is CC1=[C]C(C)=C(C)C2OC(C)(CCCC(C)CCCC(C)CCCC(C)C)CCC12. The van der Waals surface area contributed by atoms with E-state index in [9.17, 15) is 0 Å². The van der Waals surface area contributed by atoms with Crippen molar-refractivity contribution in [1.29, 1.82) is 0 Å². The summed E-state index contributed by atoms with van der Waals surface area (Å²) in [5, 5.41) is 0. The molecule has 0 amide bonds. The molecule has 5 atom stereocenters. The molecule has 0 spiro atoms. The minimum absolute atomic E-state index is 0.0605. The van der Waals surface area contributed by atoms with Crippen LogP contribution in [-0.2, 0) is 4.74 Å². The first-order chi connectivity index (χ1) is 14.1. The van der Waals surface area contributed by atoms with E-state index in [0.29, 0.717) is 12.0 Å². The molecule has 1 nitrogen and oxygen atoms in total. The summed E-state index contributed by atoms with van der Waals surface area (Å²) in [6, 6.07) is 0. The molecular weight excluding hydrogens is 364 g/mol. The molecule has 30 heavy (non-hydrogen) atoms. The maximum absolute atomic E-state index is 6.76. The zero-order valence-corrected chi connectivity index (χ0v) is 21.6. The Morgan fingerprint density at radius 3 is 2.07 bits per heavy atom. The number of rotatable bonds is 12. The van der Waals surface area contributed by atoms with E-state index in [1.165, 1.54) is 87.3 Å². The molecule has 1 saturated heterocycles. The third kappa shape index (κ3) is 7.85. The highest BCUT2D eigenvalue weighted by molar-refractivity contribution is 5.32. The Morgan fingerprint density at radius 2 is 1.47 bits per heavy atom. The molecule has 5 unspecified atom stereocenters. The van der Waals surface area contributed by atoms with Crippen molar-refractivity contribution in [3.05, 3.63) is 22.8 Å². The van der Waals surface area contributed by atoms with Gasteiger partial charge in [0.25, 0.3) is 0 Å². The minimum Gasteiger partial charge on any atom is -0.367 e. The molecule has 2 aliphatic rings. The zero-order chi connectivity index (χ0) is 22.3. The molecule has 1 heteroatoms. The van der Waals surface area contributed by atoms with Crippen molar-refractivity contribution in [3.8, 4) is 0 Å². The van der Waals surface area contributed by atoms with E-state index in [1.54, 1.807) is 0 Å². The second-order valence-corrected chi connectivity index (χ2v) is 11.6. The highest BCUT2D eigenvalue weighted by Crippen LogP contribution is 2.44. The third-order valence-electron chi connectivity index (χ3n) is 8.00. The van der Waals surface area contributed by atoms with E-state index in [4.69, 9.17) is 4.74 Å². The molecule has 0 aromatic carbocycles. The molecule has 173 valence electrons. The molecule has 0 N–H and O–H groups in total. The van der Waals surface area contributed by atoms with Gasteiger partial charge in [0.2, 0.25) is 0 Å². The van der Waals surface area contributed by atoms with Gasteiger partial charge in [0.1, 0.15) is 0 Å². The van der Waals surface area contributed by atoms with Gasteiger partial charge in [-0.15, -0.1) is 0 Å². The number of fused-ring (bicyclic) bond motifs is 1. The Morgan fingerprint density at radius 1 is 0.900 bits per heavy atom. The summed E-state index contributed by atoms with van der Waals surface area (Å²) >= 11 is 0. The molecule has 1 heterocycles. The average Bonchev–Trinajstić information content (AvgIpc) is 2.65. The van der Waals surface area contributed by atoms with Crippen LogP contribution in [0.3, 0.4) is 0 Å². The lowest BCUT2D eigenvalue weighted by Gasteiger charge is -2.46. The van der Waals surface area contributed by atoms with Crippen molar-refractivity contribution in [2.75, 3.05) is 0 Å². The summed E-state index contributed by atoms with van der Waals surface area (Å²) in [6.45, 7) is 18.7. The van der Waals surface area contributed by atoms with E-state index in [-0.39, 0.29) is 5.60 Å². The fourth-order valence-electron chi connectivity index (χ4n) is 5.58. The molecule has 0 bridgehead atoms. The first kappa shape index (κ1) is 25.7. The molecule has 0 saturated carbocycles. The van der Waals surface area contributed by atoms with Crippen LogP contribution in [0.25, 0.3) is 0 Å². The van der Waals surface area contributed by atoms with Gasteiger partial charge >= 0.3 is 0 Å². The van der Waals surface area contributed by atoms with Gasteiger partial charge < -0.3 is 4.74 Å². The standard InChI is InChI=1S/C29H51O/c1-21(2)12-9-13-22(3)14-10-15-23(4)16-11-18-29(8)19-17-27-25(6)20-24(5)26(7)28(27)30-29/h21-23,27-28H,9-19H2,1-8H3. The Kier molecular flexibility index (Phi) is 10.2. The van der Waals surface area contributed by atoms with Crippen LogP contribution in [0.4, 0.5) is 0 Å². The van der Waals surface area contributed by atoms with Crippen LogP contribution in [0.15, 0.2) is 16.7 Å². The van der Waals surface area contributed by atoms with Gasteiger partial charge in [-0.25, -0.2) is 0 Å². The van der Waals surface area contributed by atoms with Crippen LogP contribution in [0.2, 0.25) is 0 Å². The van der Waals surface area contributed by atoms with Crippen LogP contribution in [0, 0.1) is 29.7 Å². The van der Waals surface area contributed by atoms with E-state index in [2.05, 4.69) is 61.5 Å². The van der Waals surface area contributed by atoms with Gasteiger partial charge in [-0.2, -0.15) is 0 Å².